The Morgan fingerprint density at radius 3 is 3.00 bits per heavy atom. The van der Waals surface area contributed by atoms with Gasteiger partial charge in [0.2, 0.25) is 0 Å². The lowest BCUT2D eigenvalue weighted by Crippen LogP contribution is -2.44. The van der Waals surface area contributed by atoms with Gasteiger partial charge in [0.05, 0.1) is 18.8 Å². The van der Waals surface area contributed by atoms with Gasteiger partial charge in [-0.05, 0) is 18.4 Å². The van der Waals surface area contributed by atoms with Gasteiger partial charge in [0, 0.05) is 18.6 Å². The second-order valence-corrected chi connectivity index (χ2v) is 4.70. The normalized spacial score (nSPS) is 28.6. The highest BCUT2D eigenvalue weighted by Crippen LogP contribution is 2.38. The van der Waals surface area contributed by atoms with Crippen molar-refractivity contribution < 1.29 is 9.47 Å². The zero-order chi connectivity index (χ0) is 11.0. The van der Waals surface area contributed by atoms with Crippen molar-refractivity contribution in [1.82, 2.24) is 0 Å². The van der Waals surface area contributed by atoms with Gasteiger partial charge in [-0.1, -0.05) is 18.2 Å². The van der Waals surface area contributed by atoms with Crippen LogP contribution in [-0.2, 0) is 16.7 Å². The molecule has 1 atom stereocenters. The first kappa shape index (κ1) is 10.1. The molecule has 1 saturated heterocycles. The lowest BCUT2D eigenvalue weighted by molar-refractivity contribution is 0.0356. The molecule has 0 aromatic heterocycles. The first-order valence-electron chi connectivity index (χ1n) is 5.91. The quantitative estimate of drug-likeness (QED) is 0.780. The van der Waals surface area contributed by atoms with Crippen LogP contribution >= 0.6 is 0 Å². The zero-order valence-electron chi connectivity index (χ0n) is 9.37. The molecule has 3 rings (SSSR count). The molecule has 2 aliphatic rings. The molecule has 2 aliphatic heterocycles. The SMILES string of the molecule is NC1(c2cccc3c2OCC3)CCCOC1. The minimum absolute atomic E-state index is 0.353. The van der Waals surface area contributed by atoms with Gasteiger partial charge in [0.1, 0.15) is 5.75 Å². The maximum atomic E-state index is 6.45. The Balaban J connectivity index is 2.02. The third kappa shape index (κ3) is 1.51. The van der Waals surface area contributed by atoms with Crippen LogP contribution in [0.25, 0.3) is 0 Å². The third-order valence-electron chi connectivity index (χ3n) is 3.52. The molecule has 2 heterocycles. The van der Waals surface area contributed by atoms with E-state index in [0.717, 1.165) is 43.8 Å². The van der Waals surface area contributed by atoms with E-state index >= 15 is 0 Å². The molecule has 1 unspecified atom stereocenters. The van der Waals surface area contributed by atoms with E-state index in [0.29, 0.717) is 6.61 Å². The Bertz CT molecular complexity index is 397. The summed E-state index contributed by atoms with van der Waals surface area (Å²) in [7, 11) is 0. The lowest BCUT2D eigenvalue weighted by Gasteiger charge is -2.34. The second kappa shape index (κ2) is 3.75. The molecule has 1 fully saturated rings. The Morgan fingerprint density at radius 2 is 2.19 bits per heavy atom. The predicted octanol–water partition coefficient (Wildman–Crippen LogP) is 1.59. The highest BCUT2D eigenvalue weighted by Gasteiger charge is 2.34. The van der Waals surface area contributed by atoms with E-state index in [9.17, 15) is 0 Å². The Labute approximate surface area is 95.5 Å². The van der Waals surface area contributed by atoms with E-state index < -0.39 is 0 Å². The molecule has 0 saturated carbocycles. The van der Waals surface area contributed by atoms with Crippen LogP contribution in [0.3, 0.4) is 0 Å². The van der Waals surface area contributed by atoms with Crippen molar-refractivity contribution in [2.75, 3.05) is 19.8 Å². The second-order valence-electron chi connectivity index (χ2n) is 4.70. The van der Waals surface area contributed by atoms with Crippen LogP contribution in [0.15, 0.2) is 18.2 Å². The van der Waals surface area contributed by atoms with Gasteiger partial charge in [0.25, 0.3) is 0 Å². The van der Waals surface area contributed by atoms with E-state index in [4.69, 9.17) is 15.2 Å². The smallest absolute Gasteiger partial charge is 0.127 e. The fourth-order valence-electron chi connectivity index (χ4n) is 2.64. The molecular formula is C13H17NO2. The number of fused-ring (bicyclic) bond motifs is 1. The van der Waals surface area contributed by atoms with Gasteiger partial charge < -0.3 is 15.2 Å². The molecule has 0 aliphatic carbocycles. The van der Waals surface area contributed by atoms with Crippen molar-refractivity contribution >= 4 is 0 Å². The predicted molar refractivity (Wildman–Crippen MR) is 61.6 cm³/mol. The van der Waals surface area contributed by atoms with Crippen molar-refractivity contribution in [3.8, 4) is 5.75 Å². The van der Waals surface area contributed by atoms with Crippen LogP contribution in [0, 0.1) is 0 Å². The average molecular weight is 219 g/mol. The maximum Gasteiger partial charge on any atom is 0.127 e. The van der Waals surface area contributed by atoms with E-state index in [1.165, 1.54) is 5.56 Å². The molecule has 0 amide bonds. The Morgan fingerprint density at radius 1 is 1.25 bits per heavy atom. The molecule has 86 valence electrons. The topological polar surface area (TPSA) is 44.5 Å². The highest BCUT2D eigenvalue weighted by molar-refractivity contribution is 5.47. The van der Waals surface area contributed by atoms with Crippen molar-refractivity contribution in [1.29, 1.82) is 0 Å². The van der Waals surface area contributed by atoms with Crippen molar-refractivity contribution in [3.63, 3.8) is 0 Å². The Hall–Kier alpha value is -1.06. The molecule has 3 nitrogen and oxygen atoms in total. The number of ether oxygens (including phenoxy) is 2. The summed E-state index contributed by atoms with van der Waals surface area (Å²) in [6.45, 7) is 2.21. The van der Waals surface area contributed by atoms with E-state index in [-0.39, 0.29) is 5.54 Å². The Kier molecular flexibility index (Phi) is 2.37. The van der Waals surface area contributed by atoms with Gasteiger partial charge in [-0.2, -0.15) is 0 Å². The van der Waals surface area contributed by atoms with Crippen LogP contribution < -0.4 is 10.5 Å². The summed E-state index contributed by atoms with van der Waals surface area (Å²) in [6, 6.07) is 6.28. The number of hydrogen-bond donors (Lipinski definition) is 1. The van der Waals surface area contributed by atoms with Gasteiger partial charge in [-0.3, -0.25) is 0 Å². The van der Waals surface area contributed by atoms with E-state index in [1.807, 2.05) is 0 Å². The lowest BCUT2D eigenvalue weighted by atomic mass is 9.84. The van der Waals surface area contributed by atoms with E-state index in [2.05, 4.69) is 18.2 Å². The fraction of sp³-hybridized carbons (Fsp3) is 0.538. The number of rotatable bonds is 1. The highest BCUT2D eigenvalue weighted by atomic mass is 16.5. The summed E-state index contributed by atoms with van der Waals surface area (Å²) in [4.78, 5) is 0. The molecule has 0 radical (unpaired) electrons. The molecule has 0 spiro atoms. The van der Waals surface area contributed by atoms with Gasteiger partial charge in [-0.25, -0.2) is 0 Å². The summed E-state index contributed by atoms with van der Waals surface area (Å²) in [6.07, 6.45) is 3.01. The molecular weight excluding hydrogens is 202 g/mol. The van der Waals surface area contributed by atoms with Crippen LogP contribution in [0.1, 0.15) is 24.0 Å². The molecule has 1 aromatic carbocycles. The maximum absolute atomic E-state index is 6.45. The molecule has 2 N–H and O–H groups in total. The number of nitrogens with two attached hydrogens (primary N) is 1. The zero-order valence-corrected chi connectivity index (χ0v) is 9.37. The van der Waals surface area contributed by atoms with Gasteiger partial charge >= 0.3 is 0 Å². The minimum atomic E-state index is -0.353. The van der Waals surface area contributed by atoms with Crippen molar-refractivity contribution in [3.05, 3.63) is 29.3 Å². The van der Waals surface area contributed by atoms with Crippen LogP contribution in [0.4, 0.5) is 0 Å². The molecule has 0 bridgehead atoms. The van der Waals surface area contributed by atoms with Crippen LogP contribution in [0.2, 0.25) is 0 Å². The minimum Gasteiger partial charge on any atom is -0.493 e. The molecule has 3 heteroatoms. The third-order valence-corrected chi connectivity index (χ3v) is 3.52. The molecule has 16 heavy (non-hydrogen) atoms. The number of para-hydroxylation sites is 1. The summed E-state index contributed by atoms with van der Waals surface area (Å²) in [5, 5.41) is 0. The van der Waals surface area contributed by atoms with Crippen LogP contribution in [-0.4, -0.2) is 19.8 Å². The summed E-state index contributed by atoms with van der Waals surface area (Å²) < 4.78 is 11.2. The largest absolute Gasteiger partial charge is 0.493 e. The monoisotopic (exact) mass is 219 g/mol. The first-order chi connectivity index (χ1) is 7.80. The average Bonchev–Trinajstić information content (AvgIpc) is 2.77. The number of benzene rings is 1. The summed E-state index contributed by atoms with van der Waals surface area (Å²) >= 11 is 0. The number of hydrogen-bond acceptors (Lipinski definition) is 3. The first-order valence-corrected chi connectivity index (χ1v) is 5.91. The van der Waals surface area contributed by atoms with Gasteiger partial charge in [-0.15, -0.1) is 0 Å². The van der Waals surface area contributed by atoms with Gasteiger partial charge in [0.15, 0.2) is 0 Å². The standard InChI is InChI=1S/C13H17NO2/c14-13(6-2-7-15-9-13)11-4-1-3-10-5-8-16-12(10)11/h1,3-4H,2,5-9,14H2. The summed E-state index contributed by atoms with van der Waals surface area (Å²) in [5.74, 6) is 1.01. The van der Waals surface area contributed by atoms with E-state index in [1.54, 1.807) is 0 Å². The van der Waals surface area contributed by atoms with Crippen LogP contribution in [0.5, 0.6) is 5.75 Å². The molecule has 1 aromatic rings. The fourth-order valence-corrected chi connectivity index (χ4v) is 2.64. The van der Waals surface area contributed by atoms with Crippen molar-refractivity contribution in [2.24, 2.45) is 5.73 Å². The van der Waals surface area contributed by atoms with Crippen molar-refractivity contribution in [2.45, 2.75) is 24.8 Å². The summed E-state index contributed by atoms with van der Waals surface area (Å²) in [5.41, 5.74) is 8.51.